The molecule has 372 valence electrons. The number of hydrogen-bond acceptors (Lipinski definition) is 18. The lowest BCUT2D eigenvalue weighted by atomic mass is 9.33. The van der Waals surface area contributed by atoms with E-state index in [0.717, 1.165) is 32.0 Å². The summed E-state index contributed by atoms with van der Waals surface area (Å²) in [5, 5.41) is 119. The summed E-state index contributed by atoms with van der Waals surface area (Å²) < 4.78 is 36.4. The molecule has 0 aromatic heterocycles. The predicted octanol–water partition coefficient (Wildman–Crippen LogP) is -0.599. The van der Waals surface area contributed by atoms with Crippen LogP contribution >= 0.6 is 0 Å². The van der Waals surface area contributed by atoms with Crippen molar-refractivity contribution in [2.45, 2.75) is 204 Å². The van der Waals surface area contributed by atoms with Gasteiger partial charge in [0.15, 0.2) is 18.9 Å². The minimum Gasteiger partial charge on any atom is -0.394 e. The van der Waals surface area contributed by atoms with Gasteiger partial charge in [-0.15, -0.1) is 0 Å². The molecule has 0 aromatic rings. The van der Waals surface area contributed by atoms with Crippen LogP contribution in [0.4, 0.5) is 0 Å². The van der Waals surface area contributed by atoms with Gasteiger partial charge in [-0.05, 0) is 96.2 Å². The van der Waals surface area contributed by atoms with Crippen LogP contribution in [0.3, 0.4) is 0 Å². The van der Waals surface area contributed by atoms with Crippen molar-refractivity contribution in [3.63, 3.8) is 0 Å². The fraction of sp³-hybridized carbons (Fsp3) is 0.936. The molecule has 5 aliphatic carbocycles. The molecule has 11 N–H and O–H groups in total. The fourth-order valence-corrected chi connectivity index (χ4v) is 15.0. The molecule has 3 saturated heterocycles. The van der Waals surface area contributed by atoms with Crippen molar-refractivity contribution < 1.29 is 89.4 Å². The zero-order valence-corrected chi connectivity index (χ0v) is 38.8. The molecule has 24 atom stereocenters. The standard InChI is InChI=1S/C47H76O18/c1-42(2)14-22-21-8-9-27-44(5)12-11-30(43(3,4)26(44)10-13-45(27,6)46(21,7)16-29(52)47(22,20-50)28(51)15-42)64-41-38(65-40-37(59)35(57)32(54)24(18-49)62-40)33(55)25(19-60-41)63-39-36(58)34(56)31(53)23(17-48)61-39/h8,20,22-41,48-49,51-59H,9-19H2,1-7H3. The van der Waals surface area contributed by atoms with Crippen LogP contribution in [-0.2, 0) is 33.2 Å². The first-order valence-electron chi connectivity index (χ1n) is 23.8. The topological polar surface area (TPSA) is 295 Å². The second-order valence-corrected chi connectivity index (χ2v) is 23.1. The second kappa shape index (κ2) is 17.5. The molecule has 65 heavy (non-hydrogen) atoms. The van der Waals surface area contributed by atoms with Gasteiger partial charge in [-0.1, -0.05) is 60.1 Å². The Hall–Kier alpha value is -1.27. The third-order valence-corrected chi connectivity index (χ3v) is 18.9. The van der Waals surface area contributed by atoms with Crippen molar-refractivity contribution >= 4 is 6.29 Å². The van der Waals surface area contributed by atoms with Crippen LogP contribution in [0.5, 0.6) is 0 Å². The van der Waals surface area contributed by atoms with E-state index in [0.29, 0.717) is 25.7 Å². The number of aliphatic hydroxyl groups excluding tert-OH is 11. The largest absolute Gasteiger partial charge is 0.394 e. The van der Waals surface area contributed by atoms with E-state index in [4.69, 9.17) is 28.4 Å². The lowest BCUT2D eigenvalue weighted by molar-refractivity contribution is -0.382. The molecule has 0 spiro atoms. The smallest absolute Gasteiger partial charge is 0.187 e. The highest BCUT2D eigenvalue weighted by Gasteiger charge is 2.71. The number of fused-ring (bicyclic) bond motifs is 7. The number of carbonyl (C=O) groups excluding carboxylic acids is 1. The molecule has 24 unspecified atom stereocenters. The molecular formula is C47H76O18. The van der Waals surface area contributed by atoms with Crippen molar-refractivity contribution in [1.29, 1.82) is 0 Å². The van der Waals surface area contributed by atoms with Gasteiger partial charge >= 0.3 is 0 Å². The maximum absolute atomic E-state index is 13.0. The lowest BCUT2D eigenvalue weighted by Gasteiger charge is -2.72. The first-order chi connectivity index (χ1) is 30.4. The first kappa shape index (κ1) is 50.1. The molecular weight excluding hydrogens is 852 g/mol. The Balaban J connectivity index is 1.05. The minimum absolute atomic E-state index is 0.129. The average Bonchev–Trinajstić information content (AvgIpc) is 3.23. The highest BCUT2D eigenvalue weighted by atomic mass is 16.8. The third-order valence-electron chi connectivity index (χ3n) is 18.9. The third kappa shape index (κ3) is 7.67. The Labute approximate surface area is 380 Å². The van der Waals surface area contributed by atoms with E-state index in [2.05, 4.69) is 54.5 Å². The van der Waals surface area contributed by atoms with Gasteiger partial charge in [0.2, 0.25) is 0 Å². The maximum atomic E-state index is 13.0. The molecule has 4 saturated carbocycles. The summed E-state index contributed by atoms with van der Waals surface area (Å²) in [4.78, 5) is 13.0. The number of aldehydes is 1. The lowest BCUT2D eigenvalue weighted by Crippen LogP contribution is -2.69. The summed E-state index contributed by atoms with van der Waals surface area (Å²) in [6, 6.07) is 0. The van der Waals surface area contributed by atoms with Gasteiger partial charge in [0.05, 0.1) is 43.5 Å². The molecule has 3 heterocycles. The number of hydrogen-bond donors (Lipinski definition) is 11. The van der Waals surface area contributed by atoms with Gasteiger partial charge in [-0.25, -0.2) is 0 Å². The van der Waals surface area contributed by atoms with E-state index >= 15 is 0 Å². The maximum Gasteiger partial charge on any atom is 0.187 e. The van der Waals surface area contributed by atoms with Crippen molar-refractivity contribution in [3.05, 3.63) is 11.6 Å². The fourth-order valence-electron chi connectivity index (χ4n) is 15.0. The quantitative estimate of drug-likeness (QED) is 0.0782. The molecule has 18 heteroatoms. The Morgan fingerprint density at radius 3 is 1.83 bits per heavy atom. The molecule has 0 bridgehead atoms. The highest BCUT2D eigenvalue weighted by Crippen LogP contribution is 2.75. The molecule has 18 nitrogen and oxygen atoms in total. The molecule has 0 amide bonds. The zero-order valence-electron chi connectivity index (χ0n) is 38.8. The van der Waals surface area contributed by atoms with Crippen LogP contribution in [0.15, 0.2) is 11.6 Å². The van der Waals surface area contributed by atoms with Crippen LogP contribution in [0.2, 0.25) is 0 Å². The van der Waals surface area contributed by atoms with E-state index in [1.54, 1.807) is 0 Å². The summed E-state index contributed by atoms with van der Waals surface area (Å²) >= 11 is 0. The summed E-state index contributed by atoms with van der Waals surface area (Å²) in [7, 11) is 0. The van der Waals surface area contributed by atoms with Gasteiger partial charge in [-0.2, -0.15) is 0 Å². The molecule has 0 radical (unpaired) electrons. The van der Waals surface area contributed by atoms with Crippen molar-refractivity contribution in [3.8, 4) is 0 Å². The van der Waals surface area contributed by atoms with E-state index in [9.17, 15) is 61.0 Å². The molecule has 8 aliphatic rings. The zero-order chi connectivity index (χ0) is 47.6. The molecule has 8 rings (SSSR count). The van der Waals surface area contributed by atoms with Gasteiger partial charge in [-0.3, -0.25) is 0 Å². The van der Waals surface area contributed by atoms with Crippen LogP contribution < -0.4 is 0 Å². The minimum atomic E-state index is -1.84. The molecule has 0 aromatic carbocycles. The number of rotatable bonds is 9. The Bertz CT molecular complexity index is 1760. The van der Waals surface area contributed by atoms with E-state index in [-0.39, 0.29) is 40.6 Å². The Morgan fingerprint density at radius 1 is 0.662 bits per heavy atom. The summed E-state index contributed by atoms with van der Waals surface area (Å²) in [6.07, 6.45) is -16.2. The average molecular weight is 929 g/mol. The highest BCUT2D eigenvalue weighted by molar-refractivity contribution is 5.66. The van der Waals surface area contributed by atoms with Crippen molar-refractivity contribution in [2.75, 3.05) is 19.8 Å². The number of allylic oxidation sites excluding steroid dienone is 2. The van der Waals surface area contributed by atoms with Crippen molar-refractivity contribution in [1.82, 2.24) is 0 Å². The summed E-state index contributed by atoms with van der Waals surface area (Å²) in [5.41, 5.74) is -1.62. The van der Waals surface area contributed by atoms with E-state index in [1.165, 1.54) is 5.57 Å². The monoisotopic (exact) mass is 929 g/mol. The summed E-state index contributed by atoms with van der Waals surface area (Å²) in [6.45, 7) is 13.8. The first-order valence-corrected chi connectivity index (χ1v) is 23.8. The van der Waals surface area contributed by atoms with E-state index in [1.807, 2.05) is 0 Å². The Morgan fingerprint density at radius 2 is 1.25 bits per heavy atom. The van der Waals surface area contributed by atoms with Crippen LogP contribution in [-0.4, -0.2) is 187 Å². The van der Waals surface area contributed by atoms with Gasteiger partial charge < -0.3 is 89.4 Å². The van der Waals surface area contributed by atoms with Crippen molar-refractivity contribution in [2.24, 2.45) is 50.2 Å². The number of ether oxygens (including phenoxy) is 6. The SMILES string of the molecule is CC1(C)CC(O)C2(C=O)C(O)CC3(C)C(=CCC4C5(C)CCC(OC6OCC(OC7OC(CO)C(O)C(O)C7O)C(O)C6OC6OC(CO)C(O)C(O)C6O)C(C)(C)C5CCC43C)C2C1. The number of carbonyl (C=O) groups is 1. The normalized spacial score (nSPS) is 55.1. The number of aliphatic hydroxyl groups is 11. The molecule has 3 aliphatic heterocycles. The predicted molar refractivity (Wildman–Crippen MR) is 226 cm³/mol. The Kier molecular flexibility index (Phi) is 13.5. The summed E-state index contributed by atoms with van der Waals surface area (Å²) in [5.74, 6) is 0.0575. The van der Waals surface area contributed by atoms with E-state index < -0.39 is 134 Å². The van der Waals surface area contributed by atoms with Crippen LogP contribution in [0, 0.1) is 50.2 Å². The van der Waals surface area contributed by atoms with Gasteiger partial charge in [0, 0.05) is 0 Å². The van der Waals surface area contributed by atoms with Gasteiger partial charge in [0.1, 0.15) is 73.4 Å². The second-order valence-electron chi connectivity index (χ2n) is 23.1. The molecule has 7 fully saturated rings. The van der Waals surface area contributed by atoms with Crippen LogP contribution in [0.25, 0.3) is 0 Å². The van der Waals surface area contributed by atoms with Gasteiger partial charge in [0.25, 0.3) is 0 Å². The van der Waals surface area contributed by atoms with Crippen LogP contribution in [0.1, 0.15) is 99.8 Å².